The van der Waals surface area contributed by atoms with Crippen LogP contribution in [0.5, 0.6) is 0 Å². The maximum absolute atomic E-state index is 9.41. The zero-order valence-electron chi connectivity index (χ0n) is 10.8. The molecule has 0 saturated carbocycles. The van der Waals surface area contributed by atoms with Crippen LogP contribution in [0.1, 0.15) is 49.5 Å². The SMILES string of the molecule is OCC1CCCn2cc(CC3CCCCS3)nc21. The molecule has 3 nitrogen and oxygen atoms in total. The van der Waals surface area contributed by atoms with Crippen molar-refractivity contribution < 1.29 is 5.11 Å². The number of aliphatic hydroxyl groups is 1. The van der Waals surface area contributed by atoms with Crippen LogP contribution in [-0.2, 0) is 13.0 Å². The normalized spacial score (nSPS) is 28.1. The molecule has 2 unspecified atom stereocenters. The van der Waals surface area contributed by atoms with Gasteiger partial charge in [0.2, 0.25) is 0 Å². The predicted molar refractivity (Wildman–Crippen MR) is 75.1 cm³/mol. The molecule has 0 bridgehead atoms. The molecule has 2 aliphatic rings. The zero-order chi connectivity index (χ0) is 12.4. The molecule has 0 aliphatic carbocycles. The van der Waals surface area contributed by atoms with E-state index in [1.165, 1.54) is 37.1 Å². The number of nitrogens with zero attached hydrogens (tertiary/aromatic N) is 2. The molecule has 2 atom stereocenters. The molecule has 4 heteroatoms. The molecule has 1 aromatic heterocycles. The van der Waals surface area contributed by atoms with E-state index < -0.39 is 0 Å². The number of rotatable bonds is 3. The van der Waals surface area contributed by atoms with Crippen LogP contribution >= 0.6 is 11.8 Å². The van der Waals surface area contributed by atoms with Crippen molar-refractivity contribution in [1.82, 2.24) is 9.55 Å². The second-order valence-corrected chi connectivity index (χ2v) is 6.91. The Morgan fingerprint density at radius 3 is 3.06 bits per heavy atom. The summed E-state index contributed by atoms with van der Waals surface area (Å²) in [7, 11) is 0. The van der Waals surface area contributed by atoms with Crippen molar-refractivity contribution in [3.8, 4) is 0 Å². The maximum Gasteiger partial charge on any atom is 0.114 e. The highest BCUT2D eigenvalue weighted by atomic mass is 32.2. The summed E-state index contributed by atoms with van der Waals surface area (Å²) in [4.78, 5) is 4.79. The van der Waals surface area contributed by atoms with Gasteiger partial charge in [-0.05, 0) is 31.4 Å². The Kier molecular flexibility index (Phi) is 3.94. The molecular formula is C14H22N2OS. The zero-order valence-corrected chi connectivity index (χ0v) is 11.7. The average molecular weight is 266 g/mol. The van der Waals surface area contributed by atoms with E-state index in [1.807, 2.05) is 0 Å². The molecule has 18 heavy (non-hydrogen) atoms. The highest BCUT2D eigenvalue weighted by Crippen LogP contribution is 2.30. The number of hydrogen-bond donors (Lipinski definition) is 1. The molecule has 0 radical (unpaired) electrons. The third-order valence-electron chi connectivity index (χ3n) is 4.11. The molecule has 3 heterocycles. The van der Waals surface area contributed by atoms with Gasteiger partial charge in [0.05, 0.1) is 12.3 Å². The van der Waals surface area contributed by atoms with Crippen LogP contribution in [0.25, 0.3) is 0 Å². The van der Waals surface area contributed by atoms with E-state index in [9.17, 15) is 5.11 Å². The van der Waals surface area contributed by atoms with E-state index in [-0.39, 0.29) is 12.5 Å². The minimum atomic E-state index is 0.245. The van der Waals surface area contributed by atoms with Crippen LogP contribution in [0.4, 0.5) is 0 Å². The molecule has 1 N–H and O–H groups in total. The molecule has 1 fully saturated rings. The molecule has 1 saturated heterocycles. The Labute approximate surface area is 113 Å². The van der Waals surface area contributed by atoms with Crippen molar-refractivity contribution in [2.45, 2.75) is 56.2 Å². The second-order valence-electron chi connectivity index (χ2n) is 5.50. The van der Waals surface area contributed by atoms with Crippen molar-refractivity contribution in [1.29, 1.82) is 0 Å². The summed E-state index contributed by atoms with van der Waals surface area (Å²) in [6.45, 7) is 1.32. The second kappa shape index (κ2) is 5.66. The minimum absolute atomic E-state index is 0.245. The molecule has 2 aliphatic heterocycles. The summed E-state index contributed by atoms with van der Waals surface area (Å²) in [5, 5.41) is 10.2. The third-order valence-corrected chi connectivity index (χ3v) is 5.50. The van der Waals surface area contributed by atoms with Gasteiger partial charge in [-0.3, -0.25) is 0 Å². The summed E-state index contributed by atoms with van der Waals surface area (Å²) in [5.74, 6) is 2.71. The van der Waals surface area contributed by atoms with Gasteiger partial charge < -0.3 is 9.67 Å². The summed E-state index contributed by atoms with van der Waals surface area (Å²) in [6.07, 6.45) is 9.71. The van der Waals surface area contributed by atoms with Gasteiger partial charge in [-0.15, -0.1) is 0 Å². The van der Waals surface area contributed by atoms with E-state index in [1.54, 1.807) is 0 Å². The lowest BCUT2D eigenvalue weighted by molar-refractivity contribution is 0.238. The third kappa shape index (κ3) is 2.59. The Bertz CT molecular complexity index is 398. The number of aryl methyl sites for hydroxylation is 1. The lowest BCUT2D eigenvalue weighted by Gasteiger charge is -2.21. The fourth-order valence-electron chi connectivity index (χ4n) is 3.10. The van der Waals surface area contributed by atoms with Crippen LogP contribution in [-0.4, -0.2) is 32.3 Å². The van der Waals surface area contributed by atoms with Gasteiger partial charge >= 0.3 is 0 Å². The van der Waals surface area contributed by atoms with Gasteiger partial charge in [-0.2, -0.15) is 11.8 Å². The molecule has 1 aromatic rings. The van der Waals surface area contributed by atoms with Gasteiger partial charge in [-0.25, -0.2) is 4.98 Å². The molecule has 0 amide bonds. The highest BCUT2D eigenvalue weighted by molar-refractivity contribution is 7.99. The van der Waals surface area contributed by atoms with E-state index in [0.717, 1.165) is 30.5 Å². The first kappa shape index (κ1) is 12.5. The molecule has 100 valence electrons. The van der Waals surface area contributed by atoms with Crippen LogP contribution < -0.4 is 0 Å². The fourth-order valence-corrected chi connectivity index (χ4v) is 4.43. The minimum Gasteiger partial charge on any atom is -0.396 e. The Morgan fingerprint density at radius 1 is 1.33 bits per heavy atom. The number of fused-ring (bicyclic) bond motifs is 1. The Balaban J connectivity index is 1.71. The van der Waals surface area contributed by atoms with Crippen LogP contribution in [0.15, 0.2) is 6.20 Å². The Morgan fingerprint density at radius 2 is 2.28 bits per heavy atom. The van der Waals surface area contributed by atoms with Gasteiger partial charge in [0.1, 0.15) is 5.82 Å². The van der Waals surface area contributed by atoms with Crippen molar-refractivity contribution >= 4 is 11.8 Å². The number of aliphatic hydroxyl groups excluding tert-OH is 1. The van der Waals surface area contributed by atoms with Gasteiger partial charge in [0.25, 0.3) is 0 Å². The van der Waals surface area contributed by atoms with E-state index in [0.29, 0.717) is 0 Å². The highest BCUT2D eigenvalue weighted by Gasteiger charge is 2.23. The molecule has 0 aromatic carbocycles. The summed E-state index contributed by atoms with van der Waals surface area (Å²) < 4.78 is 2.27. The first-order chi connectivity index (χ1) is 8.86. The van der Waals surface area contributed by atoms with Crippen LogP contribution in [0.3, 0.4) is 0 Å². The largest absolute Gasteiger partial charge is 0.396 e. The summed E-state index contributed by atoms with van der Waals surface area (Å²) in [6, 6.07) is 0. The molecule has 3 rings (SSSR count). The molecule has 0 spiro atoms. The van der Waals surface area contributed by atoms with E-state index in [4.69, 9.17) is 4.98 Å². The van der Waals surface area contributed by atoms with E-state index in [2.05, 4.69) is 22.5 Å². The van der Waals surface area contributed by atoms with Crippen molar-refractivity contribution in [2.75, 3.05) is 12.4 Å². The van der Waals surface area contributed by atoms with Gasteiger partial charge in [-0.1, -0.05) is 6.42 Å². The van der Waals surface area contributed by atoms with Gasteiger partial charge in [0.15, 0.2) is 0 Å². The number of aromatic nitrogens is 2. The van der Waals surface area contributed by atoms with Crippen molar-refractivity contribution in [2.24, 2.45) is 0 Å². The fraction of sp³-hybridized carbons (Fsp3) is 0.786. The number of imidazole rings is 1. The monoisotopic (exact) mass is 266 g/mol. The lowest BCUT2D eigenvalue weighted by Crippen LogP contribution is -2.18. The summed E-state index contributed by atoms with van der Waals surface area (Å²) >= 11 is 2.11. The standard InChI is InChI=1S/C14H22N2OS/c17-10-11-4-3-6-16-9-12(15-14(11)16)8-13-5-1-2-7-18-13/h9,11,13,17H,1-8,10H2. The molecular weight excluding hydrogens is 244 g/mol. The number of hydrogen-bond acceptors (Lipinski definition) is 3. The topological polar surface area (TPSA) is 38.0 Å². The summed E-state index contributed by atoms with van der Waals surface area (Å²) in [5.41, 5.74) is 1.24. The Hall–Kier alpha value is -0.480. The predicted octanol–water partition coefficient (Wildman–Crippen LogP) is 2.58. The maximum atomic E-state index is 9.41. The van der Waals surface area contributed by atoms with Crippen LogP contribution in [0, 0.1) is 0 Å². The van der Waals surface area contributed by atoms with Crippen molar-refractivity contribution in [3.63, 3.8) is 0 Å². The average Bonchev–Trinajstić information content (AvgIpc) is 2.82. The van der Waals surface area contributed by atoms with Crippen LogP contribution in [0.2, 0.25) is 0 Å². The lowest BCUT2D eigenvalue weighted by atomic mass is 10.0. The number of thioether (sulfide) groups is 1. The smallest absolute Gasteiger partial charge is 0.114 e. The van der Waals surface area contributed by atoms with Gasteiger partial charge in [0, 0.05) is 30.3 Å². The van der Waals surface area contributed by atoms with Crippen molar-refractivity contribution in [3.05, 3.63) is 17.7 Å². The first-order valence-corrected chi connectivity index (χ1v) is 8.20. The van der Waals surface area contributed by atoms with E-state index >= 15 is 0 Å². The quantitative estimate of drug-likeness (QED) is 0.914. The first-order valence-electron chi connectivity index (χ1n) is 7.15.